The first-order valence-electron chi connectivity index (χ1n) is 5.84. The van der Waals surface area contributed by atoms with Gasteiger partial charge < -0.3 is 4.74 Å². The molecule has 1 N–H and O–H groups in total. The standard InChI is InChI=1S/C13H17N3O/c1-10(2)17-13-7-4-11(5-8-13)3-6-12-9-14-16-15-12/h4-5,7-10H,3,6H2,1-2H3,(H,14,15,16). The molecule has 0 unspecified atom stereocenters. The van der Waals surface area contributed by atoms with Crippen LogP contribution in [0.5, 0.6) is 5.75 Å². The summed E-state index contributed by atoms with van der Waals surface area (Å²) >= 11 is 0. The molecule has 1 heterocycles. The van der Waals surface area contributed by atoms with Crippen LogP contribution in [-0.4, -0.2) is 21.5 Å². The molecule has 2 aromatic rings. The van der Waals surface area contributed by atoms with Crippen molar-refractivity contribution < 1.29 is 4.74 Å². The molecular weight excluding hydrogens is 214 g/mol. The van der Waals surface area contributed by atoms with Gasteiger partial charge in [0.25, 0.3) is 0 Å². The van der Waals surface area contributed by atoms with Gasteiger partial charge in [-0.25, -0.2) is 0 Å². The molecule has 1 aromatic carbocycles. The van der Waals surface area contributed by atoms with Gasteiger partial charge in [-0.1, -0.05) is 12.1 Å². The Balaban J connectivity index is 1.89. The second-order valence-corrected chi connectivity index (χ2v) is 4.27. The van der Waals surface area contributed by atoms with Crippen molar-refractivity contribution in [1.82, 2.24) is 15.4 Å². The van der Waals surface area contributed by atoms with Crippen molar-refractivity contribution in [2.24, 2.45) is 0 Å². The van der Waals surface area contributed by atoms with Crippen LogP contribution in [0.3, 0.4) is 0 Å². The first kappa shape index (κ1) is 11.6. The summed E-state index contributed by atoms with van der Waals surface area (Å²) in [4.78, 5) is 0. The summed E-state index contributed by atoms with van der Waals surface area (Å²) in [5, 5.41) is 10.4. The minimum atomic E-state index is 0.219. The first-order chi connectivity index (χ1) is 8.24. The lowest BCUT2D eigenvalue weighted by molar-refractivity contribution is 0.242. The molecule has 17 heavy (non-hydrogen) atoms. The zero-order chi connectivity index (χ0) is 12.1. The molecule has 0 radical (unpaired) electrons. The molecule has 0 bridgehead atoms. The zero-order valence-electron chi connectivity index (χ0n) is 10.2. The molecule has 0 aliphatic heterocycles. The predicted octanol–water partition coefficient (Wildman–Crippen LogP) is 2.38. The molecule has 0 saturated heterocycles. The lowest BCUT2D eigenvalue weighted by Gasteiger charge is -2.09. The van der Waals surface area contributed by atoms with Crippen LogP contribution < -0.4 is 4.74 Å². The van der Waals surface area contributed by atoms with Gasteiger partial charge >= 0.3 is 0 Å². The second-order valence-electron chi connectivity index (χ2n) is 4.27. The molecule has 0 saturated carbocycles. The van der Waals surface area contributed by atoms with Crippen molar-refractivity contribution in [3.8, 4) is 5.75 Å². The molecule has 0 fully saturated rings. The van der Waals surface area contributed by atoms with E-state index in [4.69, 9.17) is 4.74 Å². The number of hydrogen-bond acceptors (Lipinski definition) is 3. The Morgan fingerprint density at radius 1 is 1.18 bits per heavy atom. The average molecular weight is 231 g/mol. The van der Waals surface area contributed by atoms with E-state index < -0.39 is 0 Å². The fourth-order valence-electron chi connectivity index (χ4n) is 1.63. The van der Waals surface area contributed by atoms with Crippen LogP contribution in [0.1, 0.15) is 25.1 Å². The third-order valence-electron chi connectivity index (χ3n) is 2.43. The fourth-order valence-corrected chi connectivity index (χ4v) is 1.63. The molecule has 1 aromatic heterocycles. The minimum Gasteiger partial charge on any atom is -0.491 e. The Labute approximate surface area is 101 Å². The second kappa shape index (κ2) is 5.48. The third kappa shape index (κ3) is 3.59. The van der Waals surface area contributed by atoms with Crippen molar-refractivity contribution in [3.05, 3.63) is 41.7 Å². The molecule has 4 nitrogen and oxygen atoms in total. The Morgan fingerprint density at radius 2 is 1.94 bits per heavy atom. The Kier molecular flexibility index (Phi) is 3.75. The summed E-state index contributed by atoms with van der Waals surface area (Å²) in [6.45, 7) is 4.05. The number of rotatable bonds is 5. The molecule has 0 aliphatic carbocycles. The Hall–Kier alpha value is -1.84. The molecule has 0 spiro atoms. The summed E-state index contributed by atoms with van der Waals surface area (Å²) in [5.41, 5.74) is 2.27. The number of aromatic nitrogens is 3. The molecule has 0 aliphatic rings. The highest BCUT2D eigenvalue weighted by Gasteiger charge is 2.00. The van der Waals surface area contributed by atoms with E-state index in [1.165, 1.54) is 5.56 Å². The maximum absolute atomic E-state index is 5.59. The number of aryl methyl sites for hydroxylation is 2. The van der Waals surface area contributed by atoms with Crippen molar-refractivity contribution in [1.29, 1.82) is 0 Å². The van der Waals surface area contributed by atoms with Gasteiger partial charge in [-0.3, -0.25) is 0 Å². The van der Waals surface area contributed by atoms with Gasteiger partial charge in [0.1, 0.15) is 5.75 Å². The number of nitrogens with one attached hydrogen (secondary N) is 1. The first-order valence-corrected chi connectivity index (χ1v) is 5.84. The summed E-state index contributed by atoms with van der Waals surface area (Å²) < 4.78 is 5.59. The summed E-state index contributed by atoms with van der Waals surface area (Å²) in [7, 11) is 0. The highest BCUT2D eigenvalue weighted by atomic mass is 16.5. The van der Waals surface area contributed by atoms with Crippen molar-refractivity contribution in [3.63, 3.8) is 0 Å². The van der Waals surface area contributed by atoms with E-state index in [0.717, 1.165) is 24.3 Å². The van der Waals surface area contributed by atoms with Crippen LogP contribution in [0.2, 0.25) is 0 Å². The Morgan fingerprint density at radius 3 is 2.53 bits per heavy atom. The Bertz CT molecular complexity index is 434. The van der Waals surface area contributed by atoms with Crippen LogP contribution in [0.25, 0.3) is 0 Å². The van der Waals surface area contributed by atoms with Crippen molar-refractivity contribution >= 4 is 0 Å². The highest BCUT2D eigenvalue weighted by Crippen LogP contribution is 2.14. The maximum Gasteiger partial charge on any atom is 0.119 e. The van der Waals surface area contributed by atoms with Gasteiger partial charge in [0.2, 0.25) is 0 Å². The van der Waals surface area contributed by atoms with E-state index in [1.807, 2.05) is 26.0 Å². The van der Waals surface area contributed by atoms with Gasteiger partial charge in [0.15, 0.2) is 0 Å². The van der Waals surface area contributed by atoms with Gasteiger partial charge in [-0.05, 0) is 44.4 Å². The molecule has 90 valence electrons. The summed E-state index contributed by atoms with van der Waals surface area (Å²) in [5.74, 6) is 0.921. The number of H-pyrrole nitrogens is 1. The van der Waals surface area contributed by atoms with Gasteiger partial charge in [-0.2, -0.15) is 15.4 Å². The van der Waals surface area contributed by atoms with E-state index >= 15 is 0 Å². The fraction of sp³-hybridized carbons (Fsp3) is 0.385. The minimum absolute atomic E-state index is 0.219. The van der Waals surface area contributed by atoms with Crippen molar-refractivity contribution in [2.75, 3.05) is 0 Å². The number of aromatic amines is 1. The molecule has 2 rings (SSSR count). The van der Waals surface area contributed by atoms with E-state index in [2.05, 4.69) is 27.5 Å². The number of hydrogen-bond donors (Lipinski definition) is 1. The zero-order valence-corrected chi connectivity index (χ0v) is 10.2. The molecule has 0 atom stereocenters. The highest BCUT2D eigenvalue weighted by molar-refractivity contribution is 5.27. The quantitative estimate of drug-likeness (QED) is 0.859. The van der Waals surface area contributed by atoms with Gasteiger partial charge in [0, 0.05) is 0 Å². The summed E-state index contributed by atoms with van der Waals surface area (Å²) in [6, 6.07) is 8.21. The monoisotopic (exact) mass is 231 g/mol. The van der Waals surface area contributed by atoms with E-state index in [0.29, 0.717) is 0 Å². The summed E-state index contributed by atoms with van der Waals surface area (Å²) in [6.07, 6.45) is 3.85. The average Bonchev–Trinajstić information content (AvgIpc) is 2.80. The molecule has 0 amide bonds. The third-order valence-corrected chi connectivity index (χ3v) is 2.43. The van der Waals surface area contributed by atoms with Crippen LogP contribution >= 0.6 is 0 Å². The van der Waals surface area contributed by atoms with Crippen molar-refractivity contribution in [2.45, 2.75) is 32.8 Å². The largest absolute Gasteiger partial charge is 0.491 e. The number of benzene rings is 1. The van der Waals surface area contributed by atoms with Crippen LogP contribution in [-0.2, 0) is 12.8 Å². The lowest BCUT2D eigenvalue weighted by atomic mass is 10.1. The number of nitrogens with zero attached hydrogens (tertiary/aromatic N) is 2. The van der Waals surface area contributed by atoms with E-state index in [1.54, 1.807) is 6.20 Å². The molecule has 4 heteroatoms. The van der Waals surface area contributed by atoms with Crippen LogP contribution in [0, 0.1) is 0 Å². The maximum atomic E-state index is 5.59. The van der Waals surface area contributed by atoms with E-state index in [9.17, 15) is 0 Å². The SMILES string of the molecule is CC(C)Oc1ccc(CCc2cn[nH]n2)cc1. The lowest BCUT2D eigenvalue weighted by Crippen LogP contribution is -2.05. The molecular formula is C13H17N3O. The smallest absolute Gasteiger partial charge is 0.119 e. The van der Waals surface area contributed by atoms with E-state index in [-0.39, 0.29) is 6.10 Å². The van der Waals surface area contributed by atoms with Crippen LogP contribution in [0.4, 0.5) is 0 Å². The normalized spacial score (nSPS) is 10.8. The topological polar surface area (TPSA) is 50.8 Å². The number of ether oxygens (including phenoxy) is 1. The van der Waals surface area contributed by atoms with Gasteiger partial charge in [-0.15, -0.1) is 0 Å². The van der Waals surface area contributed by atoms with Crippen LogP contribution in [0.15, 0.2) is 30.5 Å². The van der Waals surface area contributed by atoms with Gasteiger partial charge in [0.05, 0.1) is 18.0 Å². The predicted molar refractivity (Wildman–Crippen MR) is 66.0 cm³/mol.